The largest absolute Gasteiger partial charge is 0.417 e. The first-order valence-electron chi connectivity index (χ1n) is 8.27. The van der Waals surface area contributed by atoms with Gasteiger partial charge in [0.05, 0.1) is 11.1 Å². The van der Waals surface area contributed by atoms with Crippen LogP contribution in [-0.4, -0.2) is 41.9 Å². The zero-order valence-corrected chi connectivity index (χ0v) is 14.7. The Kier molecular flexibility index (Phi) is 5.53. The van der Waals surface area contributed by atoms with Crippen molar-refractivity contribution in [1.29, 1.82) is 0 Å². The number of hydrogen-bond acceptors (Lipinski definition) is 2. The zero-order chi connectivity index (χ0) is 18.7. The van der Waals surface area contributed by atoms with Crippen LogP contribution in [0.2, 0.25) is 5.02 Å². The molecule has 0 atom stereocenters. The van der Waals surface area contributed by atoms with E-state index in [1.165, 1.54) is 23.1 Å². The van der Waals surface area contributed by atoms with Crippen LogP contribution in [0.1, 0.15) is 21.5 Å². The standard InChI is InChI=1S/C19H18ClF3N2O/c20-15-5-3-4-14(12-15)13-24-8-10-25(11-9-24)18(26)16-6-1-2-7-17(16)19(21,22)23/h1-7,12H,8-11,13H2. The first kappa shape index (κ1) is 18.7. The summed E-state index contributed by atoms with van der Waals surface area (Å²) < 4.78 is 39.4. The molecule has 3 rings (SSSR count). The molecule has 0 N–H and O–H groups in total. The maximum absolute atomic E-state index is 13.1. The Labute approximate surface area is 155 Å². The van der Waals surface area contributed by atoms with E-state index < -0.39 is 17.6 Å². The fraction of sp³-hybridized carbons (Fsp3) is 0.316. The van der Waals surface area contributed by atoms with Crippen molar-refractivity contribution in [3.05, 3.63) is 70.2 Å². The molecule has 2 aromatic carbocycles. The number of carbonyl (C=O) groups excluding carboxylic acids is 1. The summed E-state index contributed by atoms with van der Waals surface area (Å²) in [6.07, 6.45) is -4.54. The summed E-state index contributed by atoms with van der Waals surface area (Å²) >= 11 is 5.98. The maximum atomic E-state index is 13.1. The highest BCUT2D eigenvalue weighted by Gasteiger charge is 2.36. The maximum Gasteiger partial charge on any atom is 0.417 e. The van der Waals surface area contributed by atoms with Gasteiger partial charge in [0.25, 0.3) is 5.91 Å². The lowest BCUT2D eigenvalue weighted by Gasteiger charge is -2.35. The van der Waals surface area contributed by atoms with Gasteiger partial charge in [-0.25, -0.2) is 0 Å². The quantitative estimate of drug-likeness (QED) is 0.789. The molecular weight excluding hydrogens is 365 g/mol. The summed E-state index contributed by atoms with van der Waals surface area (Å²) in [6.45, 7) is 2.69. The summed E-state index contributed by atoms with van der Waals surface area (Å²) in [5.74, 6) is -0.569. The van der Waals surface area contributed by atoms with Crippen molar-refractivity contribution in [2.75, 3.05) is 26.2 Å². The number of benzene rings is 2. The van der Waals surface area contributed by atoms with E-state index in [0.29, 0.717) is 37.7 Å². The van der Waals surface area contributed by atoms with Crippen LogP contribution in [0.3, 0.4) is 0 Å². The second kappa shape index (κ2) is 7.68. The second-order valence-electron chi connectivity index (χ2n) is 6.24. The number of hydrogen-bond donors (Lipinski definition) is 0. The third kappa shape index (κ3) is 4.37. The highest BCUT2D eigenvalue weighted by atomic mass is 35.5. The summed E-state index contributed by atoms with van der Waals surface area (Å²) in [5, 5.41) is 0.667. The molecule has 0 spiro atoms. The van der Waals surface area contributed by atoms with E-state index in [4.69, 9.17) is 11.6 Å². The molecule has 0 unspecified atom stereocenters. The number of piperazine rings is 1. The lowest BCUT2D eigenvalue weighted by molar-refractivity contribution is -0.138. The molecule has 0 radical (unpaired) electrons. The van der Waals surface area contributed by atoms with Gasteiger partial charge in [0.2, 0.25) is 0 Å². The lowest BCUT2D eigenvalue weighted by atomic mass is 10.1. The van der Waals surface area contributed by atoms with E-state index in [0.717, 1.165) is 11.6 Å². The van der Waals surface area contributed by atoms with Gasteiger partial charge in [-0.3, -0.25) is 9.69 Å². The number of nitrogens with zero attached hydrogens (tertiary/aromatic N) is 2. The number of halogens is 4. The van der Waals surface area contributed by atoms with E-state index >= 15 is 0 Å². The van der Waals surface area contributed by atoms with E-state index in [-0.39, 0.29) is 5.56 Å². The zero-order valence-electron chi connectivity index (χ0n) is 14.0. The van der Waals surface area contributed by atoms with Crippen LogP contribution in [0.5, 0.6) is 0 Å². The van der Waals surface area contributed by atoms with Crippen molar-refractivity contribution in [2.24, 2.45) is 0 Å². The lowest BCUT2D eigenvalue weighted by Crippen LogP contribution is -2.48. The van der Waals surface area contributed by atoms with Crippen molar-refractivity contribution in [3.8, 4) is 0 Å². The Morgan fingerprint density at radius 1 is 1.00 bits per heavy atom. The van der Waals surface area contributed by atoms with Crippen LogP contribution in [0.25, 0.3) is 0 Å². The normalized spacial score (nSPS) is 15.9. The van der Waals surface area contributed by atoms with Gasteiger partial charge in [-0.1, -0.05) is 35.9 Å². The fourth-order valence-electron chi connectivity index (χ4n) is 3.09. The Hall–Kier alpha value is -2.05. The average molecular weight is 383 g/mol. The third-order valence-corrected chi connectivity index (χ3v) is 4.65. The minimum absolute atomic E-state index is 0.289. The Morgan fingerprint density at radius 3 is 2.35 bits per heavy atom. The molecule has 1 saturated heterocycles. The Balaban J connectivity index is 1.64. The van der Waals surface area contributed by atoms with Gasteiger partial charge in [-0.15, -0.1) is 0 Å². The number of carbonyl (C=O) groups is 1. The average Bonchev–Trinajstić information content (AvgIpc) is 2.61. The number of alkyl halides is 3. The minimum atomic E-state index is -4.54. The van der Waals surface area contributed by atoms with Crippen LogP contribution < -0.4 is 0 Å². The molecule has 3 nitrogen and oxygen atoms in total. The molecular formula is C19H18ClF3N2O. The van der Waals surface area contributed by atoms with Crippen molar-refractivity contribution in [1.82, 2.24) is 9.80 Å². The predicted octanol–water partition coefficient (Wildman–Crippen LogP) is 4.32. The van der Waals surface area contributed by atoms with Gasteiger partial charge in [-0.2, -0.15) is 13.2 Å². The van der Waals surface area contributed by atoms with E-state index in [1.807, 2.05) is 18.2 Å². The van der Waals surface area contributed by atoms with Crippen molar-refractivity contribution >= 4 is 17.5 Å². The fourth-order valence-corrected chi connectivity index (χ4v) is 3.30. The SMILES string of the molecule is O=C(c1ccccc1C(F)(F)F)N1CCN(Cc2cccc(Cl)c2)CC1. The third-order valence-electron chi connectivity index (χ3n) is 4.42. The summed E-state index contributed by atoms with van der Waals surface area (Å²) in [6, 6.07) is 12.5. The Bertz CT molecular complexity index is 786. The predicted molar refractivity (Wildman–Crippen MR) is 94.1 cm³/mol. The molecule has 1 heterocycles. The van der Waals surface area contributed by atoms with Gasteiger partial charge in [0.1, 0.15) is 0 Å². The molecule has 0 aromatic heterocycles. The van der Waals surface area contributed by atoms with Crippen LogP contribution in [0.4, 0.5) is 13.2 Å². The van der Waals surface area contributed by atoms with Crippen molar-refractivity contribution in [2.45, 2.75) is 12.7 Å². The monoisotopic (exact) mass is 382 g/mol. The molecule has 0 aliphatic carbocycles. The number of amides is 1. The first-order chi connectivity index (χ1) is 12.3. The summed E-state index contributed by atoms with van der Waals surface area (Å²) in [7, 11) is 0. The van der Waals surface area contributed by atoms with E-state index in [1.54, 1.807) is 6.07 Å². The molecule has 26 heavy (non-hydrogen) atoms. The molecule has 1 aliphatic heterocycles. The molecule has 1 aliphatic rings. The highest BCUT2D eigenvalue weighted by molar-refractivity contribution is 6.30. The second-order valence-corrected chi connectivity index (χ2v) is 6.68. The smallest absolute Gasteiger partial charge is 0.336 e. The van der Waals surface area contributed by atoms with Gasteiger partial charge in [-0.05, 0) is 29.8 Å². The van der Waals surface area contributed by atoms with Crippen molar-refractivity contribution in [3.63, 3.8) is 0 Å². The Morgan fingerprint density at radius 2 is 1.69 bits per heavy atom. The molecule has 1 amide bonds. The van der Waals surface area contributed by atoms with Gasteiger partial charge in [0, 0.05) is 37.7 Å². The van der Waals surface area contributed by atoms with Crippen LogP contribution in [-0.2, 0) is 12.7 Å². The molecule has 2 aromatic rings. The molecule has 1 fully saturated rings. The summed E-state index contributed by atoms with van der Waals surface area (Å²) in [4.78, 5) is 16.2. The van der Waals surface area contributed by atoms with E-state index in [2.05, 4.69) is 4.90 Å². The van der Waals surface area contributed by atoms with Crippen LogP contribution in [0, 0.1) is 0 Å². The minimum Gasteiger partial charge on any atom is -0.336 e. The molecule has 0 bridgehead atoms. The van der Waals surface area contributed by atoms with E-state index in [9.17, 15) is 18.0 Å². The summed E-state index contributed by atoms with van der Waals surface area (Å²) in [5.41, 5.74) is -0.102. The number of rotatable bonds is 3. The topological polar surface area (TPSA) is 23.6 Å². The molecule has 138 valence electrons. The molecule has 0 saturated carbocycles. The van der Waals surface area contributed by atoms with Crippen LogP contribution >= 0.6 is 11.6 Å². The first-order valence-corrected chi connectivity index (χ1v) is 8.65. The molecule has 7 heteroatoms. The highest BCUT2D eigenvalue weighted by Crippen LogP contribution is 2.32. The van der Waals surface area contributed by atoms with Gasteiger partial charge in [0.15, 0.2) is 0 Å². The van der Waals surface area contributed by atoms with Crippen LogP contribution in [0.15, 0.2) is 48.5 Å². The van der Waals surface area contributed by atoms with Gasteiger partial charge >= 0.3 is 6.18 Å². The van der Waals surface area contributed by atoms with Gasteiger partial charge < -0.3 is 4.90 Å². The van der Waals surface area contributed by atoms with Crippen molar-refractivity contribution < 1.29 is 18.0 Å².